The van der Waals surface area contributed by atoms with Crippen LogP contribution in [0.5, 0.6) is 0 Å². The number of pyridine rings is 1. The van der Waals surface area contributed by atoms with Gasteiger partial charge in [0.25, 0.3) is 0 Å². The number of rotatable bonds is 4. The molecular weight excluding hydrogens is 276 g/mol. The van der Waals surface area contributed by atoms with Crippen molar-refractivity contribution in [1.29, 1.82) is 0 Å². The Labute approximate surface area is 130 Å². The van der Waals surface area contributed by atoms with Crippen molar-refractivity contribution in [2.45, 2.75) is 32.7 Å². The molecule has 2 aromatic rings. The van der Waals surface area contributed by atoms with Crippen LogP contribution in [-0.4, -0.2) is 28.0 Å². The molecule has 22 heavy (non-hydrogen) atoms. The minimum Gasteiger partial charge on any atom is -0.368 e. The van der Waals surface area contributed by atoms with Crippen molar-refractivity contribution in [3.63, 3.8) is 0 Å². The van der Waals surface area contributed by atoms with Gasteiger partial charge in [0.1, 0.15) is 11.6 Å². The van der Waals surface area contributed by atoms with Crippen LogP contribution in [0.15, 0.2) is 24.4 Å². The lowest BCUT2D eigenvalue weighted by Crippen LogP contribution is -2.30. The van der Waals surface area contributed by atoms with Crippen LogP contribution >= 0.6 is 0 Å². The summed E-state index contributed by atoms with van der Waals surface area (Å²) in [4.78, 5) is 15.1. The number of hydrogen-bond donors (Lipinski definition) is 2. The third kappa shape index (κ3) is 3.63. The summed E-state index contributed by atoms with van der Waals surface area (Å²) >= 11 is 0. The number of piperidine rings is 1. The molecule has 1 aliphatic rings. The molecule has 0 saturated carbocycles. The topological polar surface area (TPSA) is 80.0 Å². The highest BCUT2D eigenvalue weighted by atomic mass is 15.2. The first-order valence-corrected chi connectivity index (χ1v) is 7.75. The maximum atomic E-state index is 5.67. The molecule has 116 valence electrons. The third-order valence-electron chi connectivity index (χ3n) is 3.84. The molecule has 0 unspecified atom stereocenters. The van der Waals surface area contributed by atoms with Gasteiger partial charge in [-0.15, -0.1) is 0 Å². The second kappa shape index (κ2) is 6.60. The summed E-state index contributed by atoms with van der Waals surface area (Å²) in [6.45, 7) is 4.81. The first-order valence-electron chi connectivity index (χ1n) is 7.75. The molecule has 2 aromatic heterocycles. The molecule has 0 aromatic carbocycles. The average molecular weight is 298 g/mol. The predicted octanol–water partition coefficient (Wildman–Crippen LogP) is 2.36. The molecule has 0 radical (unpaired) electrons. The minimum absolute atomic E-state index is 0.297. The summed E-state index contributed by atoms with van der Waals surface area (Å²) in [5.41, 5.74) is 7.72. The Morgan fingerprint density at radius 2 is 2.00 bits per heavy atom. The minimum atomic E-state index is 0.297. The fraction of sp³-hybridized carbons (Fsp3) is 0.438. The Kier molecular flexibility index (Phi) is 4.37. The van der Waals surface area contributed by atoms with Gasteiger partial charge in [0.05, 0.1) is 0 Å². The highest BCUT2D eigenvalue weighted by molar-refractivity contribution is 5.44. The van der Waals surface area contributed by atoms with E-state index in [-0.39, 0.29) is 0 Å². The smallest absolute Gasteiger partial charge is 0.222 e. The quantitative estimate of drug-likeness (QED) is 0.902. The Morgan fingerprint density at radius 1 is 1.18 bits per heavy atom. The predicted molar refractivity (Wildman–Crippen MR) is 88.8 cm³/mol. The zero-order valence-electron chi connectivity index (χ0n) is 12.9. The number of nitrogens with one attached hydrogen (secondary N) is 1. The van der Waals surface area contributed by atoms with Gasteiger partial charge in [-0.05, 0) is 43.9 Å². The van der Waals surface area contributed by atoms with Gasteiger partial charge in [0.2, 0.25) is 5.95 Å². The summed E-state index contributed by atoms with van der Waals surface area (Å²) in [5, 5.41) is 3.30. The molecule has 1 saturated heterocycles. The van der Waals surface area contributed by atoms with Gasteiger partial charge in [-0.25, -0.2) is 9.97 Å². The van der Waals surface area contributed by atoms with Crippen molar-refractivity contribution < 1.29 is 0 Å². The molecule has 3 heterocycles. The number of aryl methyl sites for hydroxylation is 1. The Bertz CT molecular complexity index is 616. The Morgan fingerprint density at radius 3 is 2.77 bits per heavy atom. The van der Waals surface area contributed by atoms with Crippen molar-refractivity contribution in [1.82, 2.24) is 15.0 Å². The number of nitrogens with zero attached hydrogens (tertiary/aromatic N) is 4. The summed E-state index contributed by atoms with van der Waals surface area (Å²) in [6.07, 6.45) is 5.71. The molecule has 1 aliphatic heterocycles. The molecule has 0 spiro atoms. The number of hydrogen-bond acceptors (Lipinski definition) is 6. The van der Waals surface area contributed by atoms with E-state index in [2.05, 4.69) is 31.2 Å². The lowest BCUT2D eigenvalue weighted by Gasteiger charge is -2.27. The van der Waals surface area contributed by atoms with Crippen molar-refractivity contribution in [3.8, 4) is 0 Å². The second-order valence-electron chi connectivity index (χ2n) is 5.68. The van der Waals surface area contributed by atoms with E-state index in [1.54, 1.807) is 0 Å². The number of anilines is 3. The zero-order valence-corrected chi connectivity index (χ0v) is 12.9. The van der Waals surface area contributed by atoms with Crippen molar-refractivity contribution in [3.05, 3.63) is 35.7 Å². The lowest BCUT2D eigenvalue weighted by atomic mass is 10.1. The highest BCUT2D eigenvalue weighted by Gasteiger charge is 2.12. The summed E-state index contributed by atoms with van der Waals surface area (Å²) in [7, 11) is 0. The third-order valence-corrected chi connectivity index (χ3v) is 3.84. The van der Waals surface area contributed by atoms with E-state index >= 15 is 0 Å². The van der Waals surface area contributed by atoms with Gasteiger partial charge < -0.3 is 16.0 Å². The molecule has 3 N–H and O–H groups in total. The van der Waals surface area contributed by atoms with Crippen LogP contribution < -0.4 is 16.0 Å². The summed E-state index contributed by atoms with van der Waals surface area (Å²) < 4.78 is 0. The van der Waals surface area contributed by atoms with E-state index in [1.165, 1.54) is 24.8 Å². The van der Waals surface area contributed by atoms with E-state index in [0.29, 0.717) is 12.5 Å². The first-order chi connectivity index (χ1) is 10.7. The largest absolute Gasteiger partial charge is 0.368 e. The van der Waals surface area contributed by atoms with Crippen LogP contribution in [0.2, 0.25) is 0 Å². The molecule has 0 bridgehead atoms. The zero-order chi connectivity index (χ0) is 15.4. The standard InChI is InChI=1S/C16H22N6/c1-12-9-14(21-16(17)20-12)19-11-13-5-6-18-15(10-13)22-7-3-2-4-8-22/h5-6,9-10H,2-4,7-8,11H2,1H3,(H3,17,19,20,21). The maximum absolute atomic E-state index is 5.67. The van der Waals surface area contributed by atoms with Crippen LogP contribution in [0.1, 0.15) is 30.5 Å². The highest BCUT2D eigenvalue weighted by Crippen LogP contribution is 2.19. The number of nitrogen functional groups attached to an aromatic ring is 1. The van der Waals surface area contributed by atoms with E-state index in [0.717, 1.165) is 30.4 Å². The maximum Gasteiger partial charge on any atom is 0.222 e. The van der Waals surface area contributed by atoms with Crippen molar-refractivity contribution in [2.24, 2.45) is 0 Å². The monoisotopic (exact) mass is 298 g/mol. The molecule has 0 aliphatic carbocycles. The molecule has 0 atom stereocenters. The second-order valence-corrected chi connectivity index (χ2v) is 5.68. The van der Waals surface area contributed by atoms with E-state index in [1.807, 2.05) is 25.3 Å². The van der Waals surface area contributed by atoms with Gasteiger partial charge in [-0.1, -0.05) is 0 Å². The van der Waals surface area contributed by atoms with Gasteiger partial charge in [-0.3, -0.25) is 0 Å². The molecule has 3 rings (SSSR count). The molecule has 6 nitrogen and oxygen atoms in total. The first kappa shape index (κ1) is 14.6. The fourth-order valence-electron chi connectivity index (χ4n) is 2.74. The molecule has 0 amide bonds. The fourth-order valence-corrected chi connectivity index (χ4v) is 2.74. The van der Waals surface area contributed by atoms with Crippen LogP contribution in [-0.2, 0) is 6.54 Å². The SMILES string of the molecule is Cc1cc(NCc2ccnc(N3CCCCC3)c2)nc(N)n1. The summed E-state index contributed by atoms with van der Waals surface area (Å²) in [6, 6.07) is 6.07. The van der Waals surface area contributed by atoms with Crippen molar-refractivity contribution >= 4 is 17.6 Å². The van der Waals surface area contributed by atoms with Crippen molar-refractivity contribution in [2.75, 3.05) is 29.0 Å². The number of nitrogens with two attached hydrogens (primary N) is 1. The van der Waals surface area contributed by atoms with Crippen LogP contribution in [0.3, 0.4) is 0 Å². The molecule has 1 fully saturated rings. The van der Waals surface area contributed by atoms with Gasteiger partial charge in [0, 0.05) is 37.6 Å². The van der Waals surface area contributed by atoms with E-state index in [9.17, 15) is 0 Å². The average Bonchev–Trinajstić information content (AvgIpc) is 2.53. The van der Waals surface area contributed by atoms with Gasteiger partial charge in [-0.2, -0.15) is 4.98 Å². The lowest BCUT2D eigenvalue weighted by molar-refractivity contribution is 0.573. The van der Waals surface area contributed by atoms with Gasteiger partial charge in [0.15, 0.2) is 0 Å². The van der Waals surface area contributed by atoms with Gasteiger partial charge >= 0.3 is 0 Å². The molecule has 6 heteroatoms. The Balaban J connectivity index is 1.67. The van der Waals surface area contributed by atoms with Crippen LogP contribution in [0.4, 0.5) is 17.6 Å². The molecular formula is C16H22N6. The normalized spacial score (nSPS) is 14.9. The Hall–Kier alpha value is -2.37. The summed E-state index contributed by atoms with van der Waals surface area (Å²) in [5.74, 6) is 2.12. The van der Waals surface area contributed by atoms with Crippen LogP contribution in [0.25, 0.3) is 0 Å². The van der Waals surface area contributed by atoms with Crippen LogP contribution in [0, 0.1) is 6.92 Å². The van der Waals surface area contributed by atoms with E-state index < -0.39 is 0 Å². The van der Waals surface area contributed by atoms with E-state index in [4.69, 9.17) is 5.73 Å². The number of aromatic nitrogens is 3.